The molecule has 3 atom stereocenters. The molecule has 1 aliphatic heterocycles. The van der Waals surface area contributed by atoms with Gasteiger partial charge in [0.05, 0.1) is 19.6 Å². The predicted molar refractivity (Wildman–Crippen MR) is 97.8 cm³/mol. The van der Waals surface area contributed by atoms with E-state index >= 15 is 0 Å². The Morgan fingerprint density at radius 2 is 2.12 bits per heavy atom. The second kappa shape index (κ2) is 6.75. The average molecular weight is 342 g/mol. The third-order valence-electron chi connectivity index (χ3n) is 7.06. The van der Waals surface area contributed by atoms with E-state index in [2.05, 4.69) is 26.0 Å². The summed E-state index contributed by atoms with van der Waals surface area (Å²) in [6.45, 7) is 6.26. The molecule has 1 saturated heterocycles. The van der Waals surface area contributed by atoms with E-state index in [9.17, 15) is 4.79 Å². The lowest BCUT2D eigenvalue weighted by Gasteiger charge is -2.47. The Hall–Kier alpha value is -1.35. The van der Waals surface area contributed by atoms with Crippen molar-refractivity contribution in [1.29, 1.82) is 0 Å². The third kappa shape index (κ3) is 3.23. The minimum absolute atomic E-state index is 0.127. The zero-order valence-corrected chi connectivity index (χ0v) is 15.6. The zero-order valence-electron chi connectivity index (χ0n) is 15.6. The van der Waals surface area contributed by atoms with Crippen LogP contribution in [0.5, 0.6) is 5.75 Å². The van der Waals surface area contributed by atoms with Crippen LogP contribution in [0.1, 0.15) is 63.5 Å². The van der Waals surface area contributed by atoms with E-state index < -0.39 is 0 Å². The van der Waals surface area contributed by atoms with Crippen molar-refractivity contribution in [3.63, 3.8) is 0 Å². The molecular formula is C22H30O3. The van der Waals surface area contributed by atoms with Gasteiger partial charge in [-0.15, -0.1) is 0 Å². The molecule has 2 fully saturated rings. The number of fused-ring (bicyclic) bond motifs is 4. The van der Waals surface area contributed by atoms with Crippen LogP contribution < -0.4 is 4.74 Å². The van der Waals surface area contributed by atoms with Gasteiger partial charge in [0, 0.05) is 5.92 Å². The Bertz CT molecular complexity index is 649. The number of carbonyl (C=O) groups is 1. The molecule has 0 aromatic heterocycles. The highest BCUT2D eigenvalue weighted by Crippen LogP contribution is 2.50. The van der Waals surface area contributed by atoms with Crippen LogP contribution in [0.3, 0.4) is 0 Å². The van der Waals surface area contributed by atoms with Crippen LogP contribution in [0.25, 0.3) is 0 Å². The molecule has 3 aliphatic rings. The van der Waals surface area contributed by atoms with Crippen molar-refractivity contribution in [2.75, 3.05) is 13.2 Å². The molecule has 4 rings (SSSR count). The maximum atomic E-state index is 12.2. The second-order valence-electron chi connectivity index (χ2n) is 8.67. The number of rotatable bonds is 3. The Morgan fingerprint density at radius 3 is 2.88 bits per heavy atom. The summed E-state index contributed by atoms with van der Waals surface area (Å²) in [4.78, 5) is 12.2. The van der Waals surface area contributed by atoms with Crippen LogP contribution in [-0.2, 0) is 21.4 Å². The average Bonchev–Trinajstić information content (AvgIpc) is 2.55. The maximum Gasteiger partial charge on any atom is 0.311 e. The smallest absolute Gasteiger partial charge is 0.311 e. The molecule has 1 heterocycles. The fourth-order valence-electron chi connectivity index (χ4n) is 5.15. The van der Waals surface area contributed by atoms with Gasteiger partial charge in [0.1, 0.15) is 5.75 Å². The number of ether oxygens (including phenoxy) is 2. The summed E-state index contributed by atoms with van der Waals surface area (Å²) in [6, 6.07) is 6.37. The van der Waals surface area contributed by atoms with Crippen molar-refractivity contribution in [3.05, 3.63) is 29.3 Å². The first-order valence-corrected chi connectivity index (χ1v) is 9.98. The summed E-state index contributed by atoms with van der Waals surface area (Å²) in [7, 11) is 0. The summed E-state index contributed by atoms with van der Waals surface area (Å²) < 4.78 is 10.8. The molecule has 0 spiro atoms. The van der Waals surface area contributed by atoms with E-state index in [1.165, 1.54) is 49.7 Å². The summed E-state index contributed by atoms with van der Waals surface area (Å²) in [5.41, 5.74) is 3.11. The minimum Gasteiger partial charge on any atom is -0.427 e. The SMILES string of the molecule is C[C@H]1[C@H]2CCCCC[C@]1(C)c1cc(OC(=O)CC3COC3)ccc1C2. The van der Waals surface area contributed by atoms with Gasteiger partial charge in [0.15, 0.2) is 0 Å². The molecule has 0 radical (unpaired) electrons. The van der Waals surface area contributed by atoms with Gasteiger partial charge in [-0.2, -0.15) is 0 Å². The van der Waals surface area contributed by atoms with Crippen molar-refractivity contribution in [2.45, 2.75) is 64.2 Å². The van der Waals surface area contributed by atoms with Crippen LogP contribution >= 0.6 is 0 Å². The summed E-state index contributed by atoms with van der Waals surface area (Å²) in [5, 5.41) is 0. The molecule has 25 heavy (non-hydrogen) atoms. The van der Waals surface area contributed by atoms with E-state index in [0.717, 1.165) is 11.7 Å². The third-order valence-corrected chi connectivity index (χ3v) is 7.06. The lowest BCUT2D eigenvalue weighted by Crippen LogP contribution is -2.41. The summed E-state index contributed by atoms with van der Waals surface area (Å²) in [6.07, 6.45) is 8.28. The first kappa shape index (κ1) is 17.1. The van der Waals surface area contributed by atoms with Gasteiger partial charge in [-0.05, 0) is 59.8 Å². The summed E-state index contributed by atoms with van der Waals surface area (Å²) >= 11 is 0. The quantitative estimate of drug-likeness (QED) is 0.592. The molecular weight excluding hydrogens is 312 g/mol. The minimum atomic E-state index is -0.127. The van der Waals surface area contributed by atoms with Crippen LogP contribution in [0.2, 0.25) is 0 Å². The van der Waals surface area contributed by atoms with Crippen LogP contribution in [0.4, 0.5) is 0 Å². The molecule has 3 nitrogen and oxygen atoms in total. The van der Waals surface area contributed by atoms with E-state index in [0.29, 0.717) is 31.5 Å². The van der Waals surface area contributed by atoms with E-state index in [-0.39, 0.29) is 11.4 Å². The first-order chi connectivity index (χ1) is 12.1. The van der Waals surface area contributed by atoms with Gasteiger partial charge in [0.2, 0.25) is 0 Å². The molecule has 2 bridgehead atoms. The standard InChI is InChI=1S/C22H30O3/c1-15-17-6-4-3-5-9-22(15,2)20-12-19(8-7-18(20)11-17)25-21(23)10-16-13-24-14-16/h7-8,12,15-17H,3-6,9-11,13-14H2,1-2H3/t15-,17-,22-/m0/s1. The fraction of sp³-hybridized carbons (Fsp3) is 0.682. The Balaban J connectivity index is 1.58. The molecule has 1 aromatic rings. The first-order valence-electron chi connectivity index (χ1n) is 9.98. The summed E-state index contributed by atoms with van der Waals surface area (Å²) in [5.74, 6) is 2.42. The fourth-order valence-corrected chi connectivity index (χ4v) is 5.15. The Kier molecular flexibility index (Phi) is 4.61. The van der Waals surface area contributed by atoms with E-state index in [1.807, 2.05) is 6.07 Å². The van der Waals surface area contributed by atoms with Crippen molar-refractivity contribution in [3.8, 4) is 5.75 Å². The zero-order chi connectivity index (χ0) is 17.4. The second-order valence-corrected chi connectivity index (χ2v) is 8.67. The normalized spacial score (nSPS) is 32.1. The van der Waals surface area contributed by atoms with Gasteiger partial charge >= 0.3 is 5.97 Å². The van der Waals surface area contributed by atoms with Crippen LogP contribution in [-0.4, -0.2) is 19.2 Å². The number of hydrogen-bond acceptors (Lipinski definition) is 3. The van der Waals surface area contributed by atoms with Gasteiger partial charge in [0.25, 0.3) is 0 Å². The van der Waals surface area contributed by atoms with Crippen LogP contribution in [0, 0.1) is 17.8 Å². The lowest BCUT2D eigenvalue weighted by molar-refractivity contribution is -0.139. The highest BCUT2D eigenvalue weighted by atomic mass is 16.5. The molecule has 0 N–H and O–H groups in total. The number of carbonyl (C=O) groups excluding carboxylic acids is 1. The number of esters is 1. The van der Waals surface area contributed by atoms with Gasteiger partial charge in [-0.3, -0.25) is 4.79 Å². The molecule has 0 amide bonds. The number of benzene rings is 1. The molecule has 0 unspecified atom stereocenters. The van der Waals surface area contributed by atoms with Gasteiger partial charge in [-0.25, -0.2) is 0 Å². The highest BCUT2D eigenvalue weighted by Gasteiger charge is 2.43. The topological polar surface area (TPSA) is 35.5 Å². The van der Waals surface area contributed by atoms with E-state index in [1.54, 1.807) is 0 Å². The molecule has 3 heteroatoms. The molecule has 1 saturated carbocycles. The molecule has 1 aromatic carbocycles. The van der Waals surface area contributed by atoms with Crippen molar-refractivity contribution in [2.24, 2.45) is 17.8 Å². The maximum absolute atomic E-state index is 12.2. The monoisotopic (exact) mass is 342 g/mol. The molecule has 136 valence electrons. The van der Waals surface area contributed by atoms with Crippen molar-refractivity contribution < 1.29 is 14.3 Å². The van der Waals surface area contributed by atoms with Crippen LogP contribution in [0.15, 0.2) is 18.2 Å². The van der Waals surface area contributed by atoms with Crippen molar-refractivity contribution >= 4 is 5.97 Å². The predicted octanol–water partition coefficient (Wildman–Crippen LogP) is 4.66. The Labute approximate surface area is 151 Å². The van der Waals surface area contributed by atoms with E-state index in [4.69, 9.17) is 9.47 Å². The van der Waals surface area contributed by atoms with Gasteiger partial charge < -0.3 is 9.47 Å². The molecule has 2 aliphatic carbocycles. The van der Waals surface area contributed by atoms with Gasteiger partial charge in [-0.1, -0.05) is 39.2 Å². The van der Waals surface area contributed by atoms with Crippen molar-refractivity contribution in [1.82, 2.24) is 0 Å². The highest BCUT2D eigenvalue weighted by molar-refractivity contribution is 5.73. The Morgan fingerprint density at radius 1 is 1.28 bits per heavy atom. The number of hydrogen-bond donors (Lipinski definition) is 0. The lowest BCUT2D eigenvalue weighted by atomic mass is 9.57. The largest absolute Gasteiger partial charge is 0.427 e.